The molecular formula is C22H19N5O. The highest BCUT2D eigenvalue weighted by Crippen LogP contribution is 2.22. The minimum absolute atomic E-state index is 0.225. The lowest BCUT2D eigenvalue weighted by Crippen LogP contribution is -2.26. The van der Waals surface area contributed by atoms with Crippen LogP contribution in [0.25, 0.3) is 10.9 Å². The van der Waals surface area contributed by atoms with E-state index in [4.69, 9.17) is 0 Å². The molecule has 4 rings (SSSR count). The van der Waals surface area contributed by atoms with E-state index in [1.807, 2.05) is 60.7 Å². The summed E-state index contributed by atoms with van der Waals surface area (Å²) in [6.07, 6.45) is 4.08. The zero-order valence-electron chi connectivity index (χ0n) is 15.2. The third kappa shape index (κ3) is 4.12. The van der Waals surface area contributed by atoms with Crippen LogP contribution in [0.5, 0.6) is 0 Å². The summed E-state index contributed by atoms with van der Waals surface area (Å²) >= 11 is 0. The molecule has 6 nitrogen and oxygen atoms in total. The van der Waals surface area contributed by atoms with Crippen molar-refractivity contribution in [3.8, 4) is 0 Å². The summed E-state index contributed by atoms with van der Waals surface area (Å²) in [5.74, 6) is 0.131. The molecular weight excluding hydrogens is 350 g/mol. The van der Waals surface area contributed by atoms with Crippen LogP contribution >= 0.6 is 0 Å². The molecule has 0 aliphatic heterocycles. The molecule has 0 fully saturated rings. The number of nitrogens with zero attached hydrogens (tertiary/aromatic N) is 3. The van der Waals surface area contributed by atoms with Crippen molar-refractivity contribution >= 4 is 28.4 Å². The Morgan fingerprint density at radius 2 is 1.71 bits per heavy atom. The molecule has 0 saturated carbocycles. The topological polar surface area (TPSA) is 79.8 Å². The predicted octanol–water partition coefficient (Wildman–Crippen LogP) is 3.74. The van der Waals surface area contributed by atoms with Crippen LogP contribution < -0.4 is 10.6 Å². The Labute approximate surface area is 162 Å². The number of carbonyl (C=O) groups is 1. The molecule has 0 radical (unpaired) electrons. The second-order valence-corrected chi connectivity index (χ2v) is 6.26. The maximum atomic E-state index is 12.4. The average molecular weight is 369 g/mol. The highest BCUT2D eigenvalue weighted by atomic mass is 16.1. The number of rotatable bonds is 6. The normalized spacial score (nSPS) is 10.6. The van der Waals surface area contributed by atoms with Gasteiger partial charge in [0.1, 0.15) is 5.69 Å². The summed E-state index contributed by atoms with van der Waals surface area (Å²) in [5.41, 5.74) is 3.11. The smallest absolute Gasteiger partial charge is 0.270 e. The van der Waals surface area contributed by atoms with E-state index < -0.39 is 0 Å². The predicted molar refractivity (Wildman–Crippen MR) is 110 cm³/mol. The number of anilines is 2. The molecule has 0 spiro atoms. The first-order chi connectivity index (χ1) is 13.8. The summed E-state index contributed by atoms with van der Waals surface area (Å²) in [7, 11) is 0. The van der Waals surface area contributed by atoms with Crippen molar-refractivity contribution in [2.45, 2.75) is 6.42 Å². The first-order valence-corrected chi connectivity index (χ1v) is 9.05. The van der Waals surface area contributed by atoms with Crippen LogP contribution in [0.3, 0.4) is 0 Å². The summed E-state index contributed by atoms with van der Waals surface area (Å²) in [5, 5.41) is 7.07. The Morgan fingerprint density at radius 1 is 0.857 bits per heavy atom. The van der Waals surface area contributed by atoms with Gasteiger partial charge in [-0.15, -0.1) is 0 Å². The SMILES string of the molecule is O=C(NCCc1ccccc1)c1ccnc(Nc2cccc3cccnc23)n1. The largest absolute Gasteiger partial charge is 0.350 e. The van der Waals surface area contributed by atoms with Gasteiger partial charge in [-0.25, -0.2) is 9.97 Å². The van der Waals surface area contributed by atoms with Crippen molar-refractivity contribution < 1.29 is 4.79 Å². The fraction of sp³-hybridized carbons (Fsp3) is 0.0909. The van der Waals surface area contributed by atoms with Gasteiger partial charge in [-0.1, -0.05) is 48.5 Å². The van der Waals surface area contributed by atoms with Gasteiger partial charge in [0.2, 0.25) is 5.95 Å². The second kappa shape index (κ2) is 8.26. The monoisotopic (exact) mass is 369 g/mol. The van der Waals surface area contributed by atoms with Crippen LogP contribution in [0, 0.1) is 0 Å². The molecule has 2 aromatic carbocycles. The Kier molecular flexibility index (Phi) is 5.20. The van der Waals surface area contributed by atoms with Crippen molar-refractivity contribution in [3.05, 3.63) is 90.4 Å². The molecule has 28 heavy (non-hydrogen) atoms. The molecule has 138 valence electrons. The van der Waals surface area contributed by atoms with Gasteiger partial charge in [-0.05, 0) is 30.2 Å². The van der Waals surface area contributed by atoms with E-state index in [9.17, 15) is 4.79 Å². The van der Waals surface area contributed by atoms with E-state index in [1.54, 1.807) is 18.5 Å². The van der Waals surface area contributed by atoms with Gasteiger partial charge in [0.25, 0.3) is 5.91 Å². The quantitative estimate of drug-likeness (QED) is 0.541. The van der Waals surface area contributed by atoms with E-state index in [0.29, 0.717) is 18.2 Å². The minimum Gasteiger partial charge on any atom is -0.350 e. The van der Waals surface area contributed by atoms with Crippen LogP contribution in [0.4, 0.5) is 11.6 Å². The molecule has 0 bridgehead atoms. The molecule has 0 aliphatic carbocycles. The molecule has 2 heterocycles. The highest BCUT2D eigenvalue weighted by molar-refractivity contribution is 5.93. The number of nitrogens with one attached hydrogen (secondary N) is 2. The molecule has 2 N–H and O–H groups in total. The lowest BCUT2D eigenvalue weighted by molar-refractivity contribution is 0.0949. The standard InChI is InChI=1S/C22H19N5O/c28-21(24-14-11-16-6-2-1-3-7-16)19-12-15-25-22(27-19)26-18-10-4-8-17-9-5-13-23-20(17)18/h1-10,12-13,15H,11,14H2,(H,24,28)(H,25,26,27). The summed E-state index contributed by atoms with van der Waals surface area (Å²) < 4.78 is 0. The van der Waals surface area contributed by atoms with Crippen molar-refractivity contribution in [2.75, 3.05) is 11.9 Å². The number of amides is 1. The van der Waals surface area contributed by atoms with Crippen LogP contribution in [0.1, 0.15) is 16.1 Å². The van der Waals surface area contributed by atoms with Crippen LogP contribution in [-0.4, -0.2) is 27.4 Å². The van der Waals surface area contributed by atoms with Crippen LogP contribution in [-0.2, 0) is 6.42 Å². The lowest BCUT2D eigenvalue weighted by Gasteiger charge is -2.09. The number of hydrogen-bond acceptors (Lipinski definition) is 5. The van der Waals surface area contributed by atoms with Gasteiger partial charge < -0.3 is 10.6 Å². The maximum absolute atomic E-state index is 12.4. The van der Waals surface area contributed by atoms with Crippen molar-refractivity contribution in [1.29, 1.82) is 0 Å². The van der Waals surface area contributed by atoms with Crippen LogP contribution in [0.2, 0.25) is 0 Å². The van der Waals surface area contributed by atoms with Gasteiger partial charge in [0, 0.05) is 24.3 Å². The zero-order valence-corrected chi connectivity index (χ0v) is 15.2. The third-order valence-electron chi connectivity index (χ3n) is 4.31. The summed E-state index contributed by atoms with van der Waals surface area (Å²) in [6, 6.07) is 21.3. The number of pyridine rings is 1. The van der Waals surface area contributed by atoms with Gasteiger partial charge in [0.05, 0.1) is 11.2 Å². The van der Waals surface area contributed by atoms with Crippen molar-refractivity contribution in [2.24, 2.45) is 0 Å². The minimum atomic E-state index is -0.225. The van der Waals surface area contributed by atoms with E-state index in [-0.39, 0.29) is 5.91 Å². The van der Waals surface area contributed by atoms with E-state index >= 15 is 0 Å². The highest BCUT2D eigenvalue weighted by Gasteiger charge is 2.10. The molecule has 2 aromatic heterocycles. The van der Waals surface area contributed by atoms with E-state index in [2.05, 4.69) is 25.6 Å². The fourth-order valence-corrected chi connectivity index (χ4v) is 2.93. The van der Waals surface area contributed by atoms with E-state index in [0.717, 1.165) is 23.0 Å². The fourth-order valence-electron chi connectivity index (χ4n) is 2.93. The number of aromatic nitrogens is 3. The van der Waals surface area contributed by atoms with Crippen LogP contribution in [0.15, 0.2) is 79.1 Å². The number of carbonyl (C=O) groups excluding carboxylic acids is 1. The van der Waals surface area contributed by atoms with Crippen molar-refractivity contribution in [3.63, 3.8) is 0 Å². The molecule has 0 atom stereocenters. The Balaban J connectivity index is 1.44. The summed E-state index contributed by atoms with van der Waals surface area (Å²) in [4.78, 5) is 25.4. The van der Waals surface area contributed by atoms with Gasteiger partial charge in [0.15, 0.2) is 0 Å². The number of benzene rings is 2. The Bertz CT molecular complexity index is 1090. The number of para-hydroxylation sites is 1. The Morgan fingerprint density at radius 3 is 2.61 bits per heavy atom. The molecule has 6 heteroatoms. The average Bonchev–Trinajstić information content (AvgIpc) is 2.75. The number of hydrogen-bond donors (Lipinski definition) is 2. The third-order valence-corrected chi connectivity index (χ3v) is 4.31. The molecule has 0 unspecified atom stereocenters. The zero-order chi connectivity index (χ0) is 19.2. The molecule has 0 aliphatic rings. The first-order valence-electron chi connectivity index (χ1n) is 9.05. The van der Waals surface area contributed by atoms with Crippen molar-refractivity contribution in [1.82, 2.24) is 20.3 Å². The Hall–Kier alpha value is -3.80. The molecule has 1 amide bonds. The molecule has 4 aromatic rings. The maximum Gasteiger partial charge on any atom is 0.270 e. The number of fused-ring (bicyclic) bond motifs is 1. The second-order valence-electron chi connectivity index (χ2n) is 6.26. The van der Waals surface area contributed by atoms with Gasteiger partial charge in [-0.2, -0.15) is 0 Å². The lowest BCUT2D eigenvalue weighted by atomic mass is 10.1. The summed E-state index contributed by atoms with van der Waals surface area (Å²) in [6.45, 7) is 0.544. The van der Waals surface area contributed by atoms with Gasteiger partial charge in [-0.3, -0.25) is 9.78 Å². The van der Waals surface area contributed by atoms with Gasteiger partial charge >= 0.3 is 0 Å². The first kappa shape index (κ1) is 17.6. The van der Waals surface area contributed by atoms with E-state index in [1.165, 1.54) is 5.56 Å². The molecule has 0 saturated heterocycles.